The third-order valence-corrected chi connectivity index (χ3v) is 2.47. The van der Waals surface area contributed by atoms with Crippen LogP contribution < -0.4 is 17.7 Å². The van der Waals surface area contributed by atoms with E-state index in [2.05, 4.69) is 12.4 Å². The zero-order chi connectivity index (χ0) is 9.73. The van der Waals surface area contributed by atoms with Crippen molar-refractivity contribution in [3.8, 4) is 0 Å². The molecule has 0 aromatic carbocycles. The fourth-order valence-corrected chi connectivity index (χ4v) is 1.61. The number of halogens is 1. The summed E-state index contributed by atoms with van der Waals surface area (Å²) >= 11 is 0. The highest BCUT2D eigenvalue weighted by atomic mass is 35.5. The lowest BCUT2D eigenvalue weighted by Gasteiger charge is -2.36. The minimum Gasteiger partial charge on any atom is -1.00 e. The maximum Gasteiger partial charge on any atom is 0.361 e. The first-order chi connectivity index (χ1) is 6.16. The molecule has 0 amide bonds. The van der Waals surface area contributed by atoms with E-state index < -0.39 is 0 Å². The van der Waals surface area contributed by atoms with Crippen LogP contribution in [0.4, 0.5) is 0 Å². The summed E-state index contributed by atoms with van der Waals surface area (Å²) in [7, 11) is 2.11. The quantitative estimate of drug-likeness (QED) is 0.400. The second-order valence-electron chi connectivity index (χ2n) is 3.78. The average Bonchev–Trinajstić information content (AvgIpc) is 2.04. The number of rotatable bonds is 3. The first-order valence-corrected chi connectivity index (χ1v) is 4.86. The Hall–Kier alpha value is -0.320. The standard InChI is InChI=1S/C9H19N2O2.ClH/c1-3-13-9(12)8-11(2)6-4-10-5-7-11;/h10H,3-8H2,1-2H3;1H/q+1;/p-1. The molecule has 84 valence electrons. The molecule has 1 aliphatic rings. The van der Waals surface area contributed by atoms with Gasteiger partial charge in [0.05, 0.1) is 26.7 Å². The van der Waals surface area contributed by atoms with E-state index in [9.17, 15) is 4.79 Å². The number of ether oxygens (including phenoxy) is 1. The van der Waals surface area contributed by atoms with Crippen molar-refractivity contribution in [1.82, 2.24) is 5.32 Å². The van der Waals surface area contributed by atoms with Gasteiger partial charge in [-0.1, -0.05) is 0 Å². The first-order valence-electron chi connectivity index (χ1n) is 4.86. The molecule has 0 aromatic heterocycles. The van der Waals surface area contributed by atoms with Crippen LogP contribution in [0.1, 0.15) is 6.92 Å². The lowest BCUT2D eigenvalue weighted by atomic mass is 10.3. The molecular weight excluding hydrogens is 204 g/mol. The van der Waals surface area contributed by atoms with E-state index in [1.54, 1.807) is 0 Å². The molecular formula is C9H19ClN2O2. The van der Waals surface area contributed by atoms with E-state index in [-0.39, 0.29) is 18.4 Å². The van der Waals surface area contributed by atoms with Crippen LogP contribution in [0.2, 0.25) is 0 Å². The van der Waals surface area contributed by atoms with Gasteiger partial charge in [0.25, 0.3) is 0 Å². The molecule has 0 spiro atoms. The first kappa shape index (κ1) is 13.7. The number of nitrogens with zero attached hydrogens (tertiary/aromatic N) is 1. The van der Waals surface area contributed by atoms with Gasteiger partial charge in [-0.3, -0.25) is 0 Å². The lowest BCUT2D eigenvalue weighted by molar-refractivity contribution is -0.904. The molecule has 1 rings (SSSR count). The van der Waals surface area contributed by atoms with Gasteiger partial charge in [-0.15, -0.1) is 0 Å². The molecule has 1 heterocycles. The summed E-state index contributed by atoms with van der Waals surface area (Å²) in [4.78, 5) is 11.3. The molecule has 0 radical (unpaired) electrons. The Balaban J connectivity index is 0.00000169. The monoisotopic (exact) mass is 222 g/mol. The van der Waals surface area contributed by atoms with Crippen molar-refractivity contribution in [2.24, 2.45) is 0 Å². The van der Waals surface area contributed by atoms with Crippen molar-refractivity contribution >= 4 is 5.97 Å². The van der Waals surface area contributed by atoms with Gasteiger partial charge in [-0.2, -0.15) is 0 Å². The number of esters is 1. The van der Waals surface area contributed by atoms with Gasteiger partial charge < -0.3 is 26.9 Å². The molecule has 14 heavy (non-hydrogen) atoms. The summed E-state index contributed by atoms with van der Waals surface area (Å²) in [5.41, 5.74) is 0. The Morgan fingerprint density at radius 3 is 2.50 bits per heavy atom. The van der Waals surface area contributed by atoms with Crippen molar-refractivity contribution in [3.63, 3.8) is 0 Å². The van der Waals surface area contributed by atoms with E-state index in [4.69, 9.17) is 4.74 Å². The minimum absolute atomic E-state index is 0. The fraction of sp³-hybridized carbons (Fsp3) is 0.889. The normalized spacial score (nSPS) is 19.6. The van der Waals surface area contributed by atoms with Gasteiger partial charge in [0.2, 0.25) is 0 Å². The number of carbonyl (C=O) groups is 1. The number of hydrogen-bond donors (Lipinski definition) is 1. The molecule has 1 N–H and O–H groups in total. The van der Waals surface area contributed by atoms with Crippen LogP contribution in [0.5, 0.6) is 0 Å². The Kier molecular flexibility index (Phi) is 6.08. The SMILES string of the molecule is CCOC(=O)C[N+]1(C)CCNCC1.[Cl-]. The van der Waals surface area contributed by atoms with Crippen LogP contribution in [0, 0.1) is 0 Å². The van der Waals surface area contributed by atoms with Crippen LogP contribution in [-0.4, -0.2) is 56.8 Å². The third kappa shape index (κ3) is 4.26. The Morgan fingerprint density at radius 1 is 1.43 bits per heavy atom. The molecule has 0 aromatic rings. The van der Waals surface area contributed by atoms with Crippen molar-refractivity contribution in [1.29, 1.82) is 0 Å². The van der Waals surface area contributed by atoms with Gasteiger partial charge in [0.1, 0.15) is 0 Å². The highest BCUT2D eigenvalue weighted by Gasteiger charge is 2.27. The summed E-state index contributed by atoms with van der Waals surface area (Å²) in [5.74, 6) is -0.0769. The zero-order valence-electron chi connectivity index (χ0n) is 8.88. The smallest absolute Gasteiger partial charge is 0.361 e. The predicted molar refractivity (Wildman–Crippen MR) is 50.3 cm³/mol. The van der Waals surface area contributed by atoms with Crippen LogP contribution in [0.15, 0.2) is 0 Å². The van der Waals surface area contributed by atoms with Crippen LogP contribution in [-0.2, 0) is 9.53 Å². The molecule has 0 bridgehead atoms. The number of likely N-dealkylation sites (N-methyl/N-ethyl adjacent to an activating group) is 1. The average molecular weight is 223 g/mol. The number of nitrogens with one attached hydrogen (secondary N) is 1. The van der Waals surface area contributed by atoms with Crippen molar-refractivity contribution in [2.75, 3.05) is 46.4 Å². The van der Waals surface area contributed by atoms with E-state index in [0.717, 1.165) is 30.7 Å². The second-order valence-corrected chi connectivity index (χ2v) is 3.78. The van der Waals surface area contributed by atoms with E-state index in [1.165, 1.54) is 0 Å². The summed E-state index contributed by atoms with van der Waals surface area (Å²) in [6.45, 7) is 6.85. The highest BCUT2D eigenvalue weighted by molar-refractivity contribution is 5.70. The van der Waals surface area contributed by atoms with Gasteiger partial charge >= 0.3 is 5.97 Å². The van der Waals surface area contributed by atoms with Gasteiger partial charge in [-0.25, -0.2) is 4.79 Å². The van der Waals surface area contributed by atoms with Crippen LogP contribution in [0.25, 0.3) is 0 Å². The number of hydrogen-bond acceptors (Lipinski definition) is 3. The number of carbonyl (C=O) groups excluding carboxylic acids is 1. The summed E-state index contributed by atoms with van der Waals surface area (Å²) < 4.78 is 5.75. The molecule has 1 saturated heterocycles. The summed E-state index contributed by atoms with van der Waals surface area (Å²) in [6, 6.07) is 0. The molecule has 0 atom stereocenters. The van der Waals surface area contributed by atoms with Gasteiger partial charge in [0, 0.05) is 13.1 Å². The molecule has 1 aliphatic heterocycles. The van der Waals surface area contributed by atoms with Crippen LogP contribution in [0.3, 0.4) is 0 Å². The van der Waals surface area contributed by atoms with Crippen LogP contribution >= 0.6 is 0 Å². The van der Waals surface area contributed by atoms with Gasteiger partial charge in [0.15, 0.2) is 6.54 Å². The largest absolute Gasteiger partial charge is 1.00 e. The van der Waals surface area contributed by atoms with E-state index in [0.29, 0.717) is 13.2 Å². The molecule has 4 nitrogen and oxygen atoms in total. The third-order valence-electron chi connectivity index (χ3n) is 2.47. The maximum absolute atomic E-state index is 11.3. The predicted octanol–water partition coefficient (Wildman–Crippen LogP) is -3.40. The zero-order valence-corrected chi connectivity index (χ0v) is 9.64. The van der Waals surface area contributed by atoms with E-state index in [1.807, 2.05) is 6.92 Å². The molecule has 5 heteroatoms. The molecule has 0 saturated carbocycles. The summed E-state index contributed by atoms with van der Waals surface area (Å²) in [6.07, 6.45) is 0. The Bertz CT molecular complexity index is 182. The Morgan fingerprint density at radius 2 is 2.00 bits per heavy atom. The minimum atomic E-state index is -0.0769. The maximum atomic E-state index is 11.3. The number of quaternary nitrogens is 1. The number of piperazine rings is 1. The lowest BCUT2D eigenvalue weighted by Crippen LogP contribution is -3.00. The van der Waals surface area contributed by atoms with Crippen molar-refractivity contribution in [2.45, 2.75) is 6.92 Å². The van der Waals surface area contributed by atoms with Crippen molar-refractivity contribution in [3.05, 3.63) is 0 Å². The molecule has 0 aliphatic carbocycles. The highest BCUT2D eigenvalue weighted by Crippen LogP contribution is 2.04. The topological polar surface area (TPSA) is 38.3 Å². The van der Waals surface area contributed by atoms with Crippen molar-refractivity contribution < 1.29 is 26.4 Å². The van der Waals surface area contributed by atoms with E-state index >= 15 is 0 Å². The fourth-order valence-electron chi connectivity index (χ4n) is 1.61. The summed E-state index contributed by atoms with van der Waals surface area (Å²) in [5, 5.41) is 3.28. The second kappa shape index (κ2) is 6.22. The van der Waals surface area contributed by atoms with Gasteiger partial charge in [-0.05, 0) is 6.92 Å². The Labute approximate surface area is 91.6 Å². The molecule has 1 fully saturated rings. The molecule has 0 unspecified atom stereocenters.